The summed E-state index contributed by atoms with van der Waals surface area (Å²) in [7, 11) is 0. The molecule has 0 bridgehead atoms. The Balaban J connectivity index is 1.32. The van der Waals surface area contributed by atoms with Gasteiger partial charge in [-0.1, -0.05) is 48.5 Å². The van der Waals surface area contributed by atoms with E-state index in [1.54, 1.807) is 37.3 Å². The van der Waals surface area contributed by atoms with Gasteiger partial charge in [-0.05, 0) is 72.5 Å². The molecule has 5 aromatic rings. The van der Waals surface area contributed by atoms with E-state index in [0.29, 0.717) is 24.3 Å². The van der Waals surface area contributed by atoms with E-state index in [4.69, 9.17) is 4.74 Å². The molecule has 1 atom stereocenters. The van der Waals surface area contributed by atoms with Gasteiger partial charge in [-0.2, -0.15) is 0 Å². The van der Waals surface area contributed by atoms with Gasteiger partial charge in [-0.25, -0.2) is 4.79 Å². The average molecular weight is 548 g/mol. The smallest absolute Gasteiger partial charge is 0.338 e. The third-order valence-corrected chi connectivity index (χ3v) is 7.05. The molecule has 0 spiro atoms. The van der Waals surface area contributed by atoms with Crippen molar-refractivity contribution in [3.63, 3.8) is 0 Å². The number of non-ortho nitro benzene ring substituents is 1. The fourth-order valence-electron chi connectivity index (χ4n) is 4.85. The topological polar surface area (TPSA) is 103 Å². The fourth-order valence-corrected chi connectivity index (χ4v) is 4.85. The second kappa shape index (κ2) is 11.9. The van der Waals surface area contributed by atoms with E-state index in [1.165, 1.54) is 12.1 Å². The Bertz CT molecular complexity index is 1720. The van der Waals surface area contributed by atoms with Crippen LogP contribution in [0.3, 0.4) is 0 Å². The van der Waals surface area contributed by atoms with Crippen molar-refractivity contribution < 1.29 is 19.2 Å². The maximum Gasteiger partial charge on any atom is 0.338 e. The van der Waals surface area contributed by atoms with E-state index in [0.717, 1.165) is 33.2 Å². The number of ether oxygens (including phenoxy) is 1. The summed E-state index contributed by atoms with van der Waals surface area (Å²) >= 11 is 0. The molecule has 1 heterocycles. The summed E-state index contributed by atoms with van der Waals surface area (Å²) in [6, 6.07) is 29.0. The Morgan fingerprint density at radius 1 is 0.927 bits per heavy atom. The molecule has 0 fully saturated rings. The molecule has 206 valence electrons. The van der Waals surface area contributed by atoms with Crippen molar-refractivity contribution in [1.29, 1.82) is 0 Å². The monoisotopic (exact) mass is 547 g/mol. The van der Waals surface area contributed by atoms with Crippen LogP contribution in [-0.2, 0) is 11.3 Å². The molecule has 0 aliphatic carbocycles. The van der Waals surface area contributed by atoms with Gasteiger partial charge in [0.1, 0.15) is 0 Å². The highest BCUT2D eigenvalue weighted by molar-refractivity contribution is 5.98. The van der Waals surface area contributed by atoms with E-state index in [1.807, 2.05) is 55.6 Å². The van der Waals surface area contributed by atoms with Crippen LogP contribution in [0.1, 0.15) is 51.7 Å². The molecule has 41 heavy (non-hydrogen) atoms. The lowest BCUT2D eigenvalue weighted by Crippen LogP contribution is -2.26. The largest absolute Gasteiger partial charge is 0.462 e. The fraction of sp³-hybridized carbons (Fsp3) is 0.152. The first-order valence-corrected chi connectivity index (χ1v) is 13.3. The van der Waals surface area contributed by atoms with E-state index in [9.17, 15) is 19.7 Å². The van der Waals surface area contributed by atoms with E-state index in [-0.39, 0.29) is 23.6 Å². The first kappa shape index (κ1) is 27.3. The Kier molecular flexibility index (Phi) is 7.92. The van der Waals surface area contributed by atoms with Crippen LogP contribution in [0.4, 0.5) is 5.69 Å². The first-order valence-electron chi connectivity index (χ1n) is 13.3. The second-order valence-electron chi connectivity index (χ2n) is 9.72. The van der Waals surface area contributed by atoms with Crippen molar-refractivity contribution in [2.75, 3.05) is 6.61 Å². The van der Waals surface area contributed by atoms with Crippen molar-refractivity contribution in [2.45, 2.75) is 26.4 Å². The Morgan fingerprint density at radius 3 is 2.34 bits per heavy atom. The summed E-state index contributed by atoms with van der Waals surface area (Å²) in [4.78, 5) is 35.5. The summed E-state index contributed by atoms with van der Waals surface area (Å²) < 4.78 is 7.23. The quantitative estimate of drug-likeness (QED) is 0.122. The van der Waals surface area contributed by atoms with Crippen molar-refractivity contribution in [3.8, 4) is 11.1 Å². The number of carbonyl (C=O) groups is 2. The number of rotatable bonds is 9. The van der Waals surface area contributed by atoms with Gasteiger partial charge in [-0.15, -0.1) is 0 Å². The normalized spacial score (nSPS) is 11.7. The van der Waals surface area contributed by atoms with Gasteiger partial charge < -0.3 is 14.6 Å². The summed E-state index contributed by atoms with van der Waals surface area (Å²) in [6.07, 6.45) is 2.01. The number of hydrogen-bond acceptors (Lipinski definition) is 5. The Labute approximate surface area is 237 Å². The number of benzene rings is 4. The molecular formula is C33H29N3O5. The number of nitro benzene ring substituents is 1. The lowest BCUT2D eigenvalue weighted by atomic mass is 9.98. The number of amides is 1. The lowest BCUT2D eigenvalue weighted by molar-refractivity contribution is -0.384. The minimum Gasteiger partial charge on any atom is -0.462 e. The van der Waals surface area contributed by atoms with Crippen molar-refractivity contribution in [2.24, 2.45) is 0 Å². The minimum atomic E-state index is -0.447. The summed E-state index contributed by atoms with van der Waals surface area (Å²) in [5.41, 5.74) is 6.04. The summed E-state index contributed by atoms with van der Waals surface area (Å²) in [6.45, 7) is 4.59. The van der Waals surface area contributed by atoms with E-state index < -0.39 is 4.92 Å². The van der Waals surface area contributed by atoms with Crippen LogP contribution in [0, 0.1) is 10.1 Å². The maximum absolute atomic E-state index is 13.0. The number of nitro groups is 1. The third-order valence-electron chi connectivity index (χ3n) is 7.05. The molecule has 0 radical (unpaired) electrons. The molecule has 0 unspecified atom stereocenters. The number of fused-ring (bicyclic) bond motifs is 1. The van der Waals surface area contributed by atoms with Crippen molar-refractivity contribution in [1.82, 2.24) is 9.88 Å². The van der Waals surface area contributed by atoms with E-state index >= 15 is 0 Å². The maximum atomic E-state index is 13.0. The number of nitrogens with one attached hydrogen (secondary N) is 1. The van der Waals surface area contributed by atoms with Gasteiger partial charge in [0, 0.05) is 41.3 Å². The highest BCUT2D eigenvalue weighted by Gasteiger charge is 2.15. The van der Waals surface area contributed by atoms with Crippen LogP contribution < -0.4 is 5.32 Å². The average Bonchev–Trinajstić information content (AvgIpc) is 3.39. The molecule has 1 aromatic heterocycles. The van der Waals surface area contributed by atoms with Crippen molar-refractivity contribution >= 4 is 28.5 Å². The summed E-state index contributed by atoms with van der Waals surface area (Å²) in [5, 5.41) is 14.8. The van der Waals surface area contributed by atoms with Crippen LogP contribution in [-0.4, -0.2) is 28.0 Å². The molecule has 8 nitrogen and oxygen atoms in total. The molecule has 0 saturated carbocycles. The molecule has 0 saturated heterocycles. The predicted molar refractivity (Wildman–Crippen MR) is 158 cm³/mol. The summed E-state index contributed by atoms with van der Waals surface area (Å²) in [5.74, 6) is -0.554. The Morgan fingerprint density at radius 2 is 1.63 bits per heavy atom. The van der Waals surface area contributed by atoms with Gasteiger partial charge in [0.25, 0.3) is 11.6 Å². The van der Waals surface area contributed by atoms with Crippen LogP contribution >= 0.6 is 0 Å². The number of esters is 1. The van der Waals surface area contributed by atoms with Gasteiger partial charge in [0.2, 0.25) is 0 Å². The molecular weight excluding hydrogens is 518 g/mol. The lowest BCUT2D eigenvalue weighted by Gasteiger charge is -2.15. The molecule has 1 amide bonds. The second-order valence-corrected chi connectivity index (χ2v) is 9.72. The number of carbonyl (C=O) groups excluding carboxylic acids is 2. The van der Waals surface area contributed by atoms with Crippen LogP contribution in [0.15, 0.2) is 103 Å². The molecule has 1 N–H and O–H groups in total. The number of hydrogen-bond donors (Lipinski definition) is 1. The predicted octanol–water partition coefficient (Wildman–Crippen LogP) is 6.93. The van der Waals surface area contributed by atoms with Gasteiger partial charge in [0.15, 0.2) is 0 Å². The van der Waals surface area contributed by atoms with Crippen LogP contribution in [0.2, 0.25) is 0 Å². The zero-order valence-corrected chi connectivity index (χ0v) is 22.7. The third kappa shape index (κ3) is 6.01. The highest BCUT2D eigenvalue weighted by Crippen LogP contribution is 2.27. The molecule has 0 aliphatic rings. The highest BCUT2D eigenvalue weighted by atomic mass is 16.6. The van der Waals surface area contributed by atoms with Gasteiger partial charge in [-0.3, -0.25) is 14.9 Å². The van der Waals surface area contributed by atoms with Crippen molar-refractivity contribution in [3.05, 3.63) is 136 Å². The molecule has 5 rings (SSSR count). The zero-order chi connectivity index (χ0) is 28.9. The standard InChI is InChI=1S/C33H29N3O5/c1-3-41-33(38)25-10-8-24(9-11-25)30-7-5-4-6-28(30)21-35-19-18-26-20-27(14-17-31(26)35)32(37)34-22(2)23-12-15-29(16-13-23)36(39)40/h4-20,22H,3,21H2,1-2H3,(H,34,37)/t22-/m0/s1. The van der Waals surface area contributed by atoms with E-state index in [2.05, 4.69) is 22.0 Å². The number of nitrogens with zero attached hydrogens (tertiary/aromatic N) is 2. The zero-order valence-electron chi connectivity index (χ0n) is 22.7. The Hall–Kier alpha value is -5.24. The molecule has 4 aromatic carbocycles. The van der Waals surface area contributed by atoms with Gasteiger partial charge >= 0.3 is 5.97 Å². The minimum absolute atomic E-state index is 0.0109. The first-order chi connectivity index (χ1) is 19.8. The van der Waals surface area contributed by atoms with Crippen LogP contribution in [0.25, 0.3) is 22.0 Å². The number of aromatic nitrogens is 1. The SMILES string of the molecule is CCOC(=O)c1ccc(-c2ccccc2Cn2ccc3cc(C(=O)N[C@@H](C)c4ccc([N+](=O)[O-])cc4)ccc32)cc1. The molecule has 8 heteroatoms. The van der Waals surface area contributed by atoms with Gasteiger partial charge in [0.05, 0.1) is 23.1 Å². The molecule has 0 aliphatic heterocycles. The van der Waals surface area contributed by atoms with Crippen LogP contribution in [0.5, 0.6) is 0 Å².